The Balaban J connectivity index is 1.95. The molecule has 1 atom stereocenters. The minimum absolute atomic E-state index is 0.0121. The summed E-state index contributed by atoms with van der Waals surface area (Å²) in [6, 6.07) is 14.8. The van der Waals surface area contributed by atoms with Gasteiger partial charge in [-0.25, -0.2) is 8.42 Å². The standard InChI is InChI=1S/C19H22N2O3S/c1-4-25(23,24)20(3)17-10-7-9-16(13-17)19(22)21-14(2)12-15-8-5-6-11-18(15)21/h5-11,13-14H,4,12H2,1-3H3/t14-/m1/s1. The van der Waals surface area contributed by atoms with E-state index in [0.717, 1.165) is 17.7 Å². The van der Waals surface area contributed by atoms with Crippen LogP contribution in [0.15, 0.2) is 48.5 Å². The second-order valence-corrected chi connectivity index (χ2v) is 8.56. The molecular formula is C19H22N2O3S. The van der Waals surface area contributed by atoms with Crippen LogP contribution in [0.1, 0.15) is 29.8 Å². The van der Waals surface area contributed by atoms with Gasteiger partial charge in [-0.15, -0.1) is 0 Å². The van der Waals surface area contributed by atoms with Crippen LogP contribution in [0, 0.1) is 0 Å². The number of amides is 1. The highest BCUT2D eigenvalue weighted by Crippen LogP contribution is 2.33. The zero-order chi connectivity index (χ0) is 18.2. The largest absolute Gasteiger partial charge is 0.305 e. The first-order valence-electron chi connectivity index (χ1n) is 8.33. The molecule has 25 heavy (non-hydrogen) atoms. The summed E-state index contributed by atoms with van der Waals surface area (Å²) in [7, 11) is -1.85. The van der Waals surface area contributed by atoms with E-state index in [1.807, 2.05) is 31.2 Å². The van der Waals surface area contributed by atoms with Crippen LogP contribution in [0.2, 0.25) is 0 Å². The zero-order valence-corrected chi connectivity index (χ0v) is 15.5. The van der Waals surface area contributed by atoms with E-state index in [1.54, 1.807) is 36.1 Å². The van der Waals surface area contributed by atoms with Crippen LogP contribution >= 0.6 is 0 Å². The topological polar surface area (TPSA) is 57.7 Å². The molecule has 1 aliphatic heterocycles. The molecule has 0 N–H and O–H groups in total. The van der Waals surface area contributed by atoms with Gasteiger partial charge in [0.15, 0.2) is 0 Å². The van der Waals surface area contributed by atoms with Crippen molar-refractivity contribution in [2.45, 2.75) is 26.3 Å². The Hall–Kier alpha value is -2.34. The maximum absolute atomic E-state index is 13.1. The van der Waals surface area contributed by atoms with Gasteiger partial charge in [-0.1, -0.05) is 24.3 Å². The summed E-state index contributed by atoms with van der Waals surface area (Å²) in [5.41, 5.74) is 3.07. The van der Waals surface area contributed by atoms with Crippen LogP contribution in [0.3, 0.4) is 0 Å². The molecule has 3 rings (SSSR count). The molecule has 2 aromatic carbocycles. The van der Waals surface area contributed by atoms with Crippen molar-refractivity contribution in [3.8, 4) is 0 Å². The lowest BCUT2D eigenvalue weighted by Gasteiger charge is -2.24. The van der Waals surface area contributed by atoms with Crippen molar-refractivity contribution in [2.75, 3.05) is 22.0 Å². The van der Waals surface area contributed by atoms with Crippen molar-refractivity contribution in [2.24, 2.45) is 0 Å². The lowest BCUT2D eigenvalue weighted by molar-refractivity contribution is 0.0981. The third kappa shape index (κ3) is 3.14. The number of carbonyl (C=O) groups is 1. The summed E-state index contributed by atoms with van der Waals surface area (Å²) in [5.74, 6) is -0.0975. The molecule has 0 radical (unpaired) electrons. The average Bonchev–Trinajstić information content (AvgIpc) is 2.96. The SMILES string of the molecule is CCS(=O)(=O)N(C)c1cccc(C(=O)N2c3ccccc3C[C@H]2C)c1. The third-order valence-corrected chi connectivity index (χ3v) is 6.44. The fraction of sp³-hybridized carbons (Fsp3) is 0.316. The van der Waals surface area contributed by atoms with Crippen LogP contribution in [0.5, 0.6) is 0 Å². The Morgan fingerprint density at radius 2 is 1.92 bits per heavy atom. The molecule has 1 heterocycles. The first-order valence-corrected chi connectivity index (χ1v) is 9.94. The summed E-state index contributed by atoms with van der Waals surface area (Å²) in [4.78, 5) is 14.9. The van der Waals surface area contributed by atoms with Crippen molar-refractivity contribution < 1.29 is 13.2 Å². The molecule has 0 bridgehead atoms. The Kier molecular flexibility index (Phi) is 4.56. The van der Waals surface area contributed by atoms with Crippen molar-refractivity contribution in [3.63, 3.8) is 0 Å². The van der Waals surface area contributed by atoms with Gasteiger partial charge in [0.2, 0.25) is 10.0 Å². The summed E-state index contributed by atoms with van der Waals surface area (Å²) in [6.07, 6.45) is 0.825. The van der Waals surface area contributed by atoms with Crippen LogP contribution in [-0.4, -0.2) is 33.2 Å². The number of carbonyl (C=O) groups excluding carboxylic acids is 1. The van der Waals surface area contributed by atoms with Crippen LogP contribution in [0.25, 0.3) is 0 Å². The minimum atomic E-state index is -3.36. The van der Waals surface area contributed by atoms with Crippen LogP contribution in [-0.2, 0) is 16.4 Å². The van der Waals surface area contributed by atoms with Crippen molar-refractivity contribution in [1.82, 2.24) is 0 Å². The number of nitrogens with zero attached hydrogens (tertiary/aromatic N) is 2. The predicted molar refractivity (Wildman–Crippen MR) is 101 cm³/mol. The van der Waals surface area contributed by atoms with Gasteiger partial charge < -0.3 is 4.90 Å². The van der Waals surface area contributed by atoms with E-state index >= 15 is 0 Å². The molecule has 0 saturated carbocycles. The normalized spacial score (nSPS) is 16.6. The van der Waals surface area contributed by atoms with E-state index in [2.05, 4.69) is 0 Å². The molecule has 0 saturated heterocycles. The molecule has 2 aromatic rings. The number of anilines is 2. The molecule has 0 spiro atoms. The predicted octanol–water partition coefficient (Wildman–Crippen LogP) is 3.06. The molecule has 0 aromatic heterocycles. The molecule has 0 unspecified atom stereocenters. The quantitative estimate of drug-likeness (QED) is 0.844. The fourth-order valence-corrected chi connectivity index (χ4v) is 4.03. The monoisotopic (exact) mass is 358 g/mol. The van der Waals surface area contributed by atoms with Gasteiger partial charge in [-0.2, -0.15) is 0 Å². The van der Waals surface area contributed by atoms with Crippen molar-refractivity contribution >= 4 is 27.3 Å². The van der Waals surface area contributed by atoms with Gasteiger partial charge in [0, 0.05) is 24.3 Å². The molecule has 5 nitrogen and oxygen atoms in total. The number of rotatable bonds is 4. The Morgan fingerprint density at radius 1 is 1.20 bits per heavy atom. The summed E-state index contributed by atoms with van der Waals surface area (Å²) >= 11 is 0. The summed E-state index contributed by atoms with van der Waals surface area (Å²) in [5, 5.41) is 0. The molecule has 1 aliphatic rings. The highest BCUT2D eigenvalue weighted by atomic mass is 32.2. The van der Waals surface area contributed by atoms with E-state index in [0.29, 0.717) is 11.3 Å². The zero-order valence-electron chi connectivity index (χ0n) is 14.6. The van der Waals surface area contributed by atoms with Crippen LogP contribution in [0.4, 0.5) is 11.4 Å². The highest BCUT2D eigenvalue weighted by molar-refractivity contribution is 7.92. The fourth-order valence-electron chi connectivity index (χ4n) is 3.20. The van der Waals surface area contributed by atoms with E-state index in [-0.39, 0.29) is 17.7 Å². The number of fused-ring (bicyclic) bond motifs is 1. The Bertz CT molecular complexity index is 908. The molecular weight excluding hydrogens is 336 g/mol. The van der Waals surface area contributed by atoms with Crippen molar-refractivity contribution in [1.29, 1.82) is 0 Å². The third-order valence-electron chi connectivity index (χ3n) is 4.66. The number of benzene rings is 2. The first kappa shape index (κ1) is 17.5. The Morgan fingerprint density at radius 3 is 2.64 bits per heavy atom. The second-order valence-electron chi connectivity index (χ2n) is 6.28. The summed E-state index contributed by atoms with van der Waals surface area (Å²) in [6.45, 7) is 3.62. The van der Waals surface area contributed by atoms with Crippen molar-refractivity contribution in [3.05, 3.63) is 59.7 Å². The molecule has 6 heteroatoms. The average molecular weight is 358 g/mol. The smallest absolute Gasteiger partial charge is 0.258 e. The van der Waals surface area contributed by atoms with Gasteiger partial charge in [0.05, 0.1) is 11.4 Å². The molecule has 132 valence electrons. The van der Waals surface area contributed by atoms with Gasteiger partial charge >= 0.3 is 0 Å². The van der Waals surface area contributed by atoms with Crippen LogP contribution < -0.4 is 9.21 Å². The van der Waals surface area contributed by atoms with Gasteiger partial charge in [-0.05, 0) is 50.1 Å². The molecule has 0 aliphatic carbocycles. The van der Waals surface area contributed by atoms with Gasteiger partial charge in [0.25, 0.3) is 5.91 Å². The Labute approximate surface area is 148 Å². The van der Waals surface area contributed by atoms with Gasteiger partial charge in [0.1, 0.15) is 0 Å². The second kappa shape index (κ2) is 6.52. The number of hydrogen-bond acceptors (Lipinski definition) is 3. The maximum Gasteiger partial charge on any atom is 0.258 e. The number of para-hydroxylation sites is 1. The van der Waals surface area contributed by atoms with E-state index in [4.69, 9.17) is 0 Å². The van der Waals surface area contributed by atoms with E-state index in [9.17, 15) is 13.2 Å². The lowest BCUT2D eigenvalue weighted by atomic mass is 10.1. The van der Waals surface area contributed by atoms with E-state index < -0.39 is 10.0 Å². The maximum atomic E-state index is 13.1. The molecule has 1 amide bonds. The number of hydrogen-bond donors (Lipinski definition) is 0. The van der Waals surface area contributed by atoms with Gasteiger partial charge in [-0.3, -0.25) is 9.10 Å². The lowest BCUT2D eigenvalue weighted by Crippen LogP contribution is -2.36. The summed E-state index contributed by atoms with van der Waals surface area (Å²) < 4.78 is 25.4. The number of sulfonamides is 1. The highest BCUT2D eigenvalue weighted by Gasteiger charge is 2.31. The van der Waals surface area contributed by atoms with E-state index in [1.165, 1.54) is 11.4 Å². The molecule has 0 fully saturated rings. The first-order chi connectivity index (χ1) is 11.8. The minimum Gasteiger partial charge on any atom is -0.305 e.